The van der Waals surface area contributed by atoms with Gasteiger partial charge < -0.3 is 0 Å². The zero-order chi connectivity index (χ0) is 13.7. The maximum Gasteiger partial charge on any atom is 0.250 e. The summed E-state index contributed by atoms with van der Waals surface area (Å²) in [6.07, 6.45) is 3.98. The summed E-state index contributed by atoms with van der Waals surface area (Å²) in [6.45, 7) is 1.99. The van der Waals surface area contributed by atoms with Gasteiger partial charge in [-0.3, -0.25) is 10.1 Å². The van der Waals surface area contributed by atoms with Gasteiger partial charge in [0.2, 0.25) is 11.0 Å². The number of nitrogens with zero attached hydrogens (tertiary/aromatic N) is 2. The second kappa shape index (κ2) is 6.45. The molecule has 0 unspecified atom stereocenters. The molecule has 0 aliphatic heterocycles. The van der Waals surface area contributed by atoms with Gasteiger partial charge in [-0.05, 0) is 30.2 Å². The molecule has 0 saturated heterocycles. The molecule has 0 radical (unpaired) electrons. The van der Waals surface area contributed by atoms with Crippen molar-refractivity contribution < 1.29 is 4.79 Å². The Balaban J connectivity index is 1.95. The van der Waals surface area contributed by atoms with Crippen molar-refractivity contribution >= 4 is 40.1 Å². The minimum Gasteiger partial charge on any atom is -0.297 e. The highest BCUT2D eigenvalue weighted by molar-refractivity contribution is 7.15. The van der Waals surface area contributed by atoms with Crippen LogP contribution in [-0.2, 0) is 11.2 Å². The SMILES string of the molecule is CCc1nnc(NC(=O)C=Cc2ccc(Cl)cc2)s1. The lowest BCUT2D eigenvalue weighted by Crippen LogP contribution is -2.07. The van der Waals surface area contributed by atoms with Gasteiger partial charge in [0.15, 0.2) is 0 Å². The smallest absolute Gasteiger partial charge is 0.250 e. The number of hydrogen-bond acceptors (Lipinski definition) is 4. The van der Waals surface area contributed by atoms with Crippen LogP contribution in [0, 0.1) is 0 Å². The van der Waals surface area contributed by atoms with Crippen LogP contribution in [0.15, 0.2) is 30.3 Å². The van der Waals surface area contributed by atoms with Crippen molar-refractivity contribution in [2.45, 2.75) is 13.3 Å². The Bertz CT molecular complexity index is 592. The van der Waals surface area contributed by atoms with Crippen molar-refractivity contribution in [1.29, 1.82) is 0 Å². The minimum atomic E-state index is -0.228. The van der Waals surface area contributed by atoms with Crippen molar-refractivity contribution in [3.8, 4) is 0 Å². The van der Waals surface area contributed by atoms with Crippen LogP contribution in [0.25, 0.3) is 6.08 Å². The first-order valence-corrected chi connectivity index (χ1v) is 6.94. The molecule has 6 heteroatoms. The lowest BCUT2D eigenvalue weighted by Gasteiger charge is -1.95. The zero-order valence-corrected chi connectivity index (χ0v) is 11.8. The van der Waals surface area contributed by atoms with Crippen molar-refractivity contribution in [3.05, 3.63) is 45.9 Å². The van der Waals surface area contributed by atoms with Crippen LogP contribution in [0.4, 0.5) is 5.13 Å². The van der Waals surface area contributed by atoms with E-state index in [9.17, 15) is 4.79 Å². The number of hydrogen-bond donors (Lipinski definition) is 1. The highest BCUT2D eigenvalue weighted by Crippen LogP contribution is 2.15. The Morgan fingerprint density at radius 2 is 2.11 bits per heavy atom. The molecule has 0 saturated carbocycles. The number of aromatic nitrogens is 2. The van der Waals surface area contributed by atoms with Crippen LogP contribution in [0.1, 0.15) is 17.5 Å². The first kappa shape index (κ1) is 13.7. The Labute approximate surface area is 120 Å². The minimum absolute atomic E-state index is 0.228. The molecule has 0 bridgehead atoms. The summed E-state index contributed by atoms with van der Waals surface area (Å²) in [7, 11) is 0. The molecular weight excluding hydrogens is 282 g/mol. The van der Waals surface area contributed by atoms with E-state index in [1.807, 2.05) is 19.1 Å². The monoisotopic (exact) mass is 293 g/mol. The summed E-state index contributed by atoms with van der Waals surface area (Å²) in [6, 6.07) is 7.23. The Hall–Kier alpha value is -1.72. The van der Waals surface area contributed by atoms with Gasteiger partial charge in [0, 0.05) is 11.1 Å². The van der Waals surface area contributed by atoms with Gasteiger partial charge in [-0.2, -0.15) is 0 Å². The normalized spacial score (nSPS) is 10.8. The average Bonchev–Trinajstić information content (AvgIpc) is 2.86. The molecule has 0 aliphatic carbocycles. The number of anilines is 1. The molecule has 1 aromatic carbocycles. The van der Waals surface area contributed by atoms with Crippen LogP contribution in [-0.4, -0.2) is 16.1 Å². The predicted octanol–water partition coefficient (Wildman–Crippen LogP) is 3.41. The van der Waals surface area contributed by atoms with E-state index in [1.54, 1.807) is 18.2 Å². The number of benzene rings is 1. The van der Waals surface area contributed by atoms with Crippen LogP contribution in [0.2, 0.25) is 5.02 Å². The molecule has 1 N–H and O–H groups in total. The number of carbonyl (C=O) groups is 1. The molecule has 19 heavy (non-hydrogen) atoms. The maximum absolute atomic E-state index is 11.7. The average molecular weight is 294 g/mol. The molecule has 0 spiro atoms. The third-order valence-electron chi connectivity index (χ3n) is 2.30. The third-order valence-corrected chi connectivity index (χ3v) is 3.53. The van der Waals surface area contributed by atoms with Crippen molar-refractivity contribution in [2.24, 2.45) is 0 Å². The fraction of sp³-hybridized carbons (Fsp3) is 0.154. The van der Waals surface area contributed by atoms with Crippen LogP contribution < -0.4 is 5.32 Å². The molecule has 0 aliphatic rings. The number of nitrogens with one attached hydrogen (secondary N) is 1. The first-order chi connectivity index (χ1) is 9.17. The Morgan fingerprint density at radius 3 is 2.74 bits per heavy atom. The molecule has 1 amide bonds. The quantitative estimate of drug-likeness (QED) is 0.879. The summed E-state index contributed by atoms with van der Waals surface area (Å²) < 4.78 is 0. The summed E-state index contributed by atoms with van der Waals surface area (Å²) in [5.41, 5.74) is 0.908. The molecule has 1 heterocycles. The largest absolute Gasteiger partial charge is 0.297 e. The fourth-order valence-corrected chi connectivity index (χ4v) is 2.15. The van der Waals surface area contributed by atoms with Crippen LogP contribution in [0.3, 0.4) is 0 Å². The zero-order valence-electron chi connectivity index (χ0n) is 10.3. The van der Waals surface area contributed by atoms with Gasteiger partial charge in [-0.15, -0.1) is 10.2 Å². The number of aryl methyl sites for hydroxylation is 1. The third kappa shape index (κ3) is 4.15. The molecule has 2 aromatic rings. The van der Waals surface area contributed by atoms with E-state index in [0.717, 1.165) is 17.0 Å². The molecule has 4 nitrogen and oxygen atoms in total. The second-order valence-electron chi connectivity index (χ2n) is 3.73. The standard InChI is InChI=1S/C13H12ClN3OS/c1-2-12-16-17-13(19-12)15-11(18)8-5-9-3-6-10(14)7-4-9/h3-8H,2H2,1H3,(H,15,17,18). The number of rotatable bonds is 4. The number of carbonyl (C=O) groups excluding carboxylic acids is 1. The van der Waals surface area contributed by atoms with Gasteiger partial charge in [0.1, 0.15) is 5.01 Å². The molecule has 0 fully saturated rings. The second-order valence-corrected chi connectivity index (χ2v) is 5.23. The van der Waals surface area contributed by atoms with Gasteiger partial charge in [0.25, 0.3) is 0 Å². The van der Waals surface area contributed by atoms with Crippen molar-refractivity contribution in [3.63, 3.8) is 0 Å². The maximum atomic E-state index is 11.7. The van der Waals surface area contributed by atoms with E-state index >= 15 is 0 Å². The lowest BCUT2D eigenvalue weighted by atomic mass is 10.2. The van der Waals surface area contributed by atoms with Crippen molar-refractivity contribution in [1.82, 2.24) is 10.2 Å². The van der Waals surface area contributed by atoms with Gasteiger partial charge >= 0.3 is 0 Å². The van der Waals surface area contributed by atoms with E-state index < -0.39 is 0 Å². The van der Waals surface area contributed by atoms with E-state index in [0.29, 0.717) is 10.2 Å². The Morgan fingerprint density at radius 1 is 1.37 bits per heavy atom. The highest BCUT2D eigenvalue weighted by Gasteiger charge is 2.04. The van der Waals surface area contributed by atoms with E-state index in [2.05, 4.69) is 15.5 Å². The summed E-state index contributed by atoms with van der Waals surface area (Å²) in [5.74, 6) is -0.228. The molecule has 0 atom stereocenters. The molecule has 98 valence electrons. The van der Waals surface area contributed by atoms with Crippen molar-refractivity contribution in [2.75, 3.05) is 5.32 Å². The Kier molecular flexibility index (Phi) is 4.65. The predicted molar refractivity (Wildman–Crippen MR) is 78.4 cm³/mol. The van der Waals surface area contributed by atoms with Gasteiger partial charge in [-0.25, -0.2) is 0 Å². The topological polar surface area (TPSA) is 54.9 Å². The van der Waals surface area contributed by atoms with Crippen LogP contribution >= 0.6 is 22.9 Å². The summed E-state index contributed by atoms with van der Waals surface area (Å²) in [4.78, 5) is 11.7. The number of halogens is 1. The van der Waals surface area contributed by atoms with E-state index in [1.165, 1.54) is 17.4 Å². The van der Waals surface area contributed by atoms with Gasteiger partial charge in [0.05, 0.1) is 0 Å². The fourth-order valence-electron chi connectivity index (χ4n) is 1.34. The first-order valence-electron chi connectivity index (χ1n) is 5.74. The highest BCUT2D eigenvalue weighted by atomic mass is 35.5. The van der Waals surface area contributed by atoms with E-state index in [-0.39, 0.29) is 5.91 Å². The molecule has 1 aromatic heterocycles. The molecule has 2 rings (SSSR count). The lowest BCUT2D eigenvalue weighted by molar-refractivity contribution is -0.111. The van der Waals surface area contributed by atoms with E-state index in [4.69, 9.17) is 11.6 Å². The summed E-state index contributed by atoms with van der Waals surface area (Å²) in [5, 5.41) is 12.6. The summed E-state index contributed by atoms with van der Waals surface area (Å²) >= 11 is 7.16. The van der Waals surface area contributed by atoms with Gasteiger partial charge in [-0.1, -0.05) is 42.0 Å². The number of amides is 1. The van der Waals surface area contributed by atoms with Crippen LogP contribution in [0.5, 0.6) is 0 Å². The molecular formula is C13H12ClN3OS.